The number of halogens is 1. The molecular formula is C19H25FN2O3. The molecule has 25 heavy (non-hydrogen) atoms. The normalized spacial score (nSPS) is 18.5. The molecule has 5 nitrogen and oxygen atoms in total. The van der Waals surface area contributed by atoms with E-state index in [0.717, 1.165) is 24.0 Å². The standard InChI is InChI=1S/C19H25FN2O3/c1-19(2,3)25-18(24)22-9-8-21(17(23)12-22)11-14-6-7-15(20)10-16(14)13-4-5-13/h6-7,10,13H,4-5,8-9,11-12H2,1-3H3. The molecule has 1 aromatic rings. The second kappa shape index (κ2) is 6.65. The maximum absolute atomic E-state index is 13.5. The van der Waals surface area contributed by atoms with Crippen LogP contribution >= 0.6 is 0 Å². The number of carbonyl (C=O) groups is 2. The van der Waals surface area contributed by atoms with Crippen LogP contribution in [-0.2, 0) is 16.1 Å². The molecular weight excluding hydrogens is 323 g/mol. The molecule has 0 spiro atoms. The lowest BCUT2D eigenvalue weighted by Gasteiger charge is -2.35. The van der Waals surface area contributed by atoms with Crippen molar-refractivity contribution in [2.24, 2.45) is 0 Å². The zero-order valence-corrected chi connectivity index (χ0v) is 15.0. The molecule has 1 saturated carbocycles. The van der Waals surface area contributed by atoms with Crippen LogP contribution in [0.3, 0.4) is 0 Å². The maximum atomic E-state index is 13.5. The topological polar surface area (TPSA) is 49.9 Å². The van der Waals surface area contributed by atoms with Crippen LogP contribution in [0.2, 0.25) is 0 Å². The molecule has 1 aliphatic carbocycles. The fourth-order valence-electron chi connectivity index (χ4n) is 3.05. The molecule has 1 heterocycles. The van der Waals surface area contributed by atoms with Gasteiger partial charge in [-0.05, 0) is 62.8 Å². The summed E-state index contributed by atoms with van der Waals surface area (Å²) in [6.07, 6.45) is 1.70. The summed E-state index contributed by atoms with van der Waals surface area (Å²) in [5.41, 5.74) is 1.44. The lowest BCUT2D eigenvalue weighted by Crippen LogP contribution is -2.52. The first kappa shape index (κ1) is 17.7. The average Bonchev–Trinajstić information content (AvgIpc) is 3.33. The molecule has 0 N–H and O–H groups in total. The van der Waals surface area contributed by atoms with E-state index >= 15 is 0 Å². The van der Waals surface area contributed by atoms with Crippen LogP contribution in [0.4, 0.5) is 9.18 Å². The number of nitrogens with zero attached hydrogens (tertiary/aromatic N) is 2. The van der Waals surface area contributed by atoms with Gasteiger partial charge in [0.2, 0.25) is 5.91 Å². The number of ether oxygens (including phenoxy) is 1. The van der Waals surface area contributed by atoms with Gasteiger partial charge in [-0.3, -0.25) is 9.69 Å². The van der Waals surface area contributed by atoms with Gasteiger partial charge in [0, 0.05) is 19.6 Å². The van der Waals surface area contributed by atoms with Crippen molar-refractivity contribution in [3.63, 3.8) is 0 Å². The highest BCUT2D eigenvalue weighted by Crippen LogP contribution is 2.42. The van der Waals surface area contributed by atoms with Gasteiger partial charge < -0.3 is 9.64 Å². The summed E-state index contributed by atoms with van der Waals surface area (Å²) in [6, 6.07) is 4.81. The molecule has 1 saturated heterocycles. The van der Waals surface area contributed by atoms with Crippen LogP contribution in [0.15, 0.2) is 18.2 Å². The lowest BCUT2D eigenvalue weighted by atomic mass is 10.0. The lowest BCUT2D eigenvalue weighted by molar-refractivity contribution is -0.136. The second-order valence-electron chi connectivity index (χ2n) is 7.83. The fraction of sp³-hybridized carbons (Fsp3) is 0.579. The van der Waals surface area contributed by atoms with Gasteiger partial charge in [-0.15, -0.1) is 0 Å². The Morgan fingerprint density at radius 1 is 1.28 bits per heavy atom. The third-order valence-corrected chi connectivity index (χ3v) is 4.46. The highest BCUT2D eigenvalue weighted by Gasteiger charge is 2.32. The van der Waals surface area contributed by atoms with Crippen molar-refractivity contribution in [2.75, 3.05) is 19.6 Å². The van der Waals surface area contributed by atoms with Crippen LogP contribution in [0.25, 0.3) is 0 Å². The van der Waals surface area contributed by atoms with Crippen molar-refractivity contribution in [2.45, 2.75) is 51.7 Å². The van der Waals surface area contributed by atoms with Gasteiger partial charge in [-0.2, -0.15) is 0 Å². The minimum Gasteiger partial charge on any atom is -0.444 e. The maximum Gasteiger partial charge on any atom is 0.410 e. The van der Waals surface area contributed by atoms with E-state index in [1.54, 1.807) is 37.8 Å². The molecule has 2 amide bonds. The van der Waals surface area contributed by atoms with Crippen LogP contribution in [0.1, 0.15) is 50.7 Å². The minimum absolute atomic E-state index is 0.0227. The van der Waals surface area contributed by atoms with E-state index < -0.39 is 11.7 Å². The zero-order valence-electron chi connectivity index (χ0n) is 15.0. The van der Waals surface area contributed by atoms with E-state index in [0.29, 0.717) is 25.6 Å². The van der Waals surface area contributed by atoms with Crippen molar-refractivity contribution < 1.29 is 18.7 Å². The van der Waals surface area contributed by atoms with Gasteiger partial charge in [-0.25, -0.2) is 9.18 Å². The molecule has 1 aromatic carbocycles. The Labute approximate surface area is 147 Å². The minimum atomic E-state index is -0.579. The number of rotatable bonds is 3. The summed E-state index contributed by atoms with van der Waals surface area (Å²) < 4.78 is 18.9. The molecule has 0 bridgehead atoms. The van der Waals surface area contributed by atoms with Gasteiger partial charge in [0.1, 0.15) is 18.0 Å². The molecule has 0 unspecified atom stereocenters. The molecule has 1 aliphatic heterocycles. The van der Waals surface area contributed by atoms with Crippen LogP contribution in [0.5, 0.6) is 0 Å². The molecule has 0 atom stereocenters. The summed E-state index contributed by atoms with van der Waals surface area (Å²) in [4.78, 5) is 27.7. The molecule has 3 rings (SSSR count). The Hall–Kier alpha value is -2.11. The quantitative estimate of drug-likeness (QED) is 0.842. The summed E-state index contributed by atoms with van der Waals surface area (Å²) in [6.45, 7) is 6.80. The number of benzene rings is 1. The Kier molecular flexibility index (Phi) is 4.71. The van der Waals surface area contributed by atoms with Crippen molar-refractivity contribution in [3.8, 4) is 0 Å². The number of piperazine rings is 1. The Bertz CT molecular complexity index is 680. The predicted octanol–water partition coefficient (Wildman–Crippen LogP) is 3.28. The van der Waals surface area contributed by atoms with Gasteiger partial charge in [0.15, 0.2) is 0 Å². The SMILES string of the molecule is CC(C)(C)OC(=O)N1CCN(Cc2ccc(F)cc2C2CC2)C(=O)C1. The monoisotopic (exact) mass is 348 g/mol. The first-order valence-electron chi connectivity index (χ1n) is 8.77. The molecule has 2 aliphatic rings. The van der Waals surface area contributed by atoms with E-state index in [1.807, 2.05) is 0 Å². The Balaban J connectivity index is 1.63. The van der Waals surface area contributed by atoms with Gasteiger partial charge >= 0.3 is 6.09 Å². The number of carbonyl (C=O) groups excluding carboxylic acids is 2. The van der Waals surface area contributed by atoms with E-state index in [9.17, 15) is 14.0 Å². The molecule has 6 heteroatoms. The van der Waals surface area contributed by atoms with Crippen LogP contribution in [0, 0.1) is 5.82 Å². The predicted molar refractivity (Wildman–Crippen MR) is 91.6 cm³/mol. The van der Waals surface area contributed by atoms with Gasteiger partial charge in [0.05, 0.1) is 0 Å². The number of amides is 2. The van der Waals surface area contributed by atoms with Crippen molar-refractivity contribution in [1.82, 2.24) is 9.80 Å². The van der Waals surface area contributed by atoms with E-state index in [4.69, 9.17) is 4.74 Å². The van der Waals surface area contributed by atoms with E-state index in [1.165, 1.54) is 11.0 Å². The second-order valence-corrected chi connectivity index (χ2v) is 7.83. The highest BCUT2D eigenvalue weighted by molar-refractivity contribution is 5.83. The van der Waals surface area contributed by atoms with Crippen LogP contribution in [-0.4, -0.2) is 47.0 Å². The summed E-state index contributed by atoms with van der Waals surface area (Å²) in [5.74, 6) is 0.0822. The molecule has 2 fully saturated rings. The third kappa shape index (κ3) is 4.50. The van der Waals surface area contributed by atoms with E-state index in [2.05, 4.69) is 0 Å². The number of hydrogen-bond acceptors (Lipinski definition) is 3. The highest BCUT2D eigenvalue weighted by atomic mass is 19.1. The summed E-state index contributed by atoms with van der Waals surface area (Å²) in [5, 5.41) is 0. The third-order valence-electron chi connectivity index (χ3n) is 4.46. The average molecular weight is 348 g/mol. The Morgan fingerprint density at radius 2 is 2.00 bits per heavy atom. The first-order chi connectivity index (χ1) is 11.7. The largest absolute Gasteiger partial charge is 0.444 e. The first-order valence-corrected chi connectivity index (χ1v) is 8.77. The molecule has 136 valence electrons. The zero-order chi connectivity index (χ0) is 18.2. The van der Waals surface area contributed by atoms with Crippen molar-refractivity contribution in [1.29, 1.82) is 0 Å². The van der Waals surface area contributed by atoms with Crippen LogP contribution < -0.4 is 0 Å². The Morgan fingerprint density at radius 3 is 2.60 bits per heavy atom. The number of hydrogen-bond donors (Lipinski definition) is 0. The van der Waals surface area contributed by atoms with Crippen molar-refractivity contribution in [3.05, 3.63) is 35.1 Å². The molecule has 0 aromatic heterocycles. The van der Waals surface area contributed by atoms with Gasteiger partial charge in [-0.1, -0.05) is 6.07 Å². The summed E-state index contributed by atoms with van der Waals surface area (Å²) >= 11 is 0. The molecule has 0 radical (unpaired) electrons. The summed E-state index contributed by atoms with van der Waals surface area (Å²) in [7, 11) is 0. The van der Waals surface area contributed by atoms with E-state index in [-0.39, 0.29) is 18.3 Å². The smallest absolute Gasteiger partial charge is 0.410 e. The van der Waals surface area contributed by atoms with Crippen molar-refractivity contribution >= 4 is 12.0 Å². The fourth-order valence-corrected chi connectivity index (χ4v) is 3.05. The van der Waals surface area contributed by atoms with Gasteiger partial charge in [0.25, 0.3) is 0 Å².